The number of benzene rings is 1. The first-order valence-corrected chi connectivity index (χ1v) is 5.45. The van der Waals surface area contributed by atoms with Crippen LogP contribution in [0.2, 0.25) is 0 Å². The molecule has 0 amide bonds. The van der Waals surface area contributed by atoms with Gasteiger partial charge in [-0.25, -0.2) is 14.4 Å². The third-order valence-electron chi connectivity index (χ3n) is 2.56. The van der Waals surface area contributed by atoms with E-state index in [1.54, 1.807) is 0 Å². The molecule has 1 rings (SSSR count). The summed E-state index contributed by atoms with van der Waals surface area (Å²) in [6, 6.07) is 2.06. The Balaban J connectivity index is 3.78. The highest BCUT2D eigenvalue weighted by atomic mass is 16.6. The molecule has 9 nitrogen and oxygen atoms in total. The highest BCUT2D eigenvalue weighted by molar-refractivity contribution is 6.09. The molecule has 0 spiro atoms. The predicted octanol–water partition coefficient (Wildman–Crippen LogP) is 0.955. The van der Waals surface area contributed by atoms with Gasteiger partial charge in [0, 0.05) is 0 Å². The van der Waals surface area contributed by atoms with Crippen LogP contribution in [0.1, 0.15) is 31.1 Å². The number of nitro groups is 1. The summed E-state index contributed by atoms with van der Waals surface area (Å²) in [5, 5.41) is 11.2. The van der Waals surface area contributed by atoms with Gasteiger partial charge in [0.1, 0.15) is 5.56 Å². The van der Waals surface area contributed by atoms with E-state index in [-0.39, 0.29) is 5.56 Å². The lowest BCUT2D eigenvalue weighted by molar-refractivity contribution is -0.385. The van der Waals surface area contributed by atoms with Gasteiger partial charge in [0.15, 0.2) is 5.56 Å². The van der Waals surface area contributed by atoms with Crippen LogP contribution in [0.5, 0.6) is 0 Å². The van der Waals surface area contributed by atoms with E-state index >= 15 is 0 Å². The van der Waals surface area contributed by atoms with Crippen molar-refractivity contribution < 1.29 is 33.5 Å². The van der Waals surface area contributed by atoms with E-state index in [4.69, 9.17) is 0 Å². The van der Waals surface area contributed by atoms with Crippen LogP contribution in [-0.2, 0) is 14.2 Å². The van der Waals surface area contributed by atoms with Gasteiger partial charge in [0.05, 0.1) is 31.8 Å². The Kier molecular flexibility index (Phi) is 4.95. The van der Waals surface area contributed by atoms with Crippen molar-refractivity contribution in [1.82, 2.24) is 0 Å². The number of nitro benzene ring substituents is 1. The van der Waals surface area contributed by atoms with Crippen molar-refractivity contribution in [3.05, 3.63) is 38.9 Å². The van der Waals surface area contributed by atoms with Gasteiger partial charge in [0.25, 0.3) is 5.69 Å². The summed E-state index contributed by atoms with van der Waals surface area (Å²) in [5.41, 5.74) is -2.41. The zero-order chi connectivity index (χ0) is 16.2. The minimum Gasteiger partial charge on any atom is -0.465 e. The molecule has 21 heavy (non-hydrogen) atoms. The number of ether oxygens (including phenoxy) is 3. The van der Waals surface area contributed by atoms with E-state index in [9.17, 15) is 24.5 Å². The zero-order valence-electron chi connectivity index (χ0n) is 11.4. The Labute approximate surface area is 118 Å². The van der Waals surface area contributed by atoms with Crippen molar-refractivity contribution in [1.29, 1.82) is 0 Å². The molecule has 0 aliphatic rings. The number of rotatable bonds is 4. The fourth-order valence-corrected chi connectivity index (χ4v) is 1.64. The maximum absolute atomic E-state index is 11.8. The molecule has 0 saturated carbocycles. The minimum atomic E-state index is -1.15. The lowest BCUT2D eigenvalue weighted by Crippen LogP contribution is -2.17. The Morgan fingerprint density at radius 3 is 1.76 bits per heavy atom. The molecule has 0 aliphatic heterocycles. The smallest absolute Gasteiger partial charge is 0.345 e. The summed E-state index contributed by atoms with van der Waals surface area (Å²) in [4.78, 5) is 45.1. The second-order valence-electron chi connectivity index (χ2n) is 3.62. The fraction of sp³-hybridized carbons (Fsp3) is 0.250. The Bertz CT molecular complexity index is 622. The van der Waals surface area contributed by atoms with Gasteiger partial charge < -0.3 is 14.2 Å². The molecular formula is C12H11NO8. The lowest BCUT2D eigenvalue weighted by atomic mass is 10.0. The normalized spacial score (nSPS) is 9.67. The van der Waals surface area contributed by atoms with Crippen molar-refractivity contribution in [3.63, 3.8) is 0 Å². The number of hydrogen-bond acceptors (Lipinski definition) is 8. The van der Waals surface area contributed by atoms with E-state index in [1.165, 1.54) is 0 Å². The maximum atomic E-state index is 11.8. The molecule has 0 radical (unpaired) electrons. The molecular weight excluding hydrogens is 286 g/mol. The van der Waals surface area contributed by atoms with Crippen molar-refractivity contribution in [3.8, 4) is 0 Å². The van der Waals surface area contributed by atoms with E-state index in [0.29, 0.717) is 0 Å². The van der Waals surface area contributed by atoms with Crippen molar-refractivity contribution >= 4 is 23.6 Å². The number of nitrogens with zero attached hydrogens (tertiary/aromatic N) is 1. The van der Waals surface area contributed by atoms with Gasteiger partial charge >= 0.3 is 17.9 Å². The summed E-state index contributed by atoms with van der Waals surface area (Å²) >= 11 is 0. The second kappa shape index (κ2) is 6.46. The van der Waals surface area contributed by atoms with Crippen LogP contribution < -0.4 is 0 Å². The van der Waals surface area contributed by atoms with Gasteiger partial charge in [-0.3, -0.25) is 10.1 Å². The number of carbonyl (C=O) groups is 3. The monoisotopic (exact) mass is 297 g/mol. The molecule has 0 aliphatic carbocycles. The van der Waals surface area contributed by atoms with Crippen LogP contribution in [0.15, 0.2) is 12.1 Å². The number of methoxy groups -OCH3 is 3. The third kappa shape index (κ3) is 2.96. The molecule has 0 aromatic heterocycles. The summed E-state index contributed by atoms with van der Waals surface area (Å²) in [7, 11) is 3.06. The maximum Gasteiger partial charge on any atom is 0.345 e. The Morgan fingerprint density at radius 2 is 1.33 bits per heavy atom. The number of hydrogen-bond donors (Lipinski definition) is 0. The van der Waals surface area contributed by atoms with Crippen LogP contribution in [0.4, 0.5) is 5.69 Å². The van der Waals surface area contributed by atoms with Gasteiger partial charge in [0.2, 0.25) is 0 Å². The van der Waals surface area contributed by atoms with Crippen LogP contribution in [0.3, 0.4) is 0 Å². The minimum absolute atomic E-state index is 0.385. The molecule has 112 valence electrons. The van der Waals surface area contributed by atoms with E-state index < -0.39 is 39.6 Å². The Morgan fingerprint density at radius 1 is 0.905 bits per heavy atom. The molecule has 1 aromatic carbocycles. The van der Waals surface area contributed by atoms with Gasteiger partial charge in [-0.15, -0.1) is 0 Å². The van der Waals surface area contributed by atoms with E-state index in [2.05, 4.69) is 14.2 Å². The van der Waals surface area contributed by atoms with Gasteiger partial charge in [-0.2, -0.15) is 0 Å². The number of esters is 3. The number of carbonyl (C=O) groups excluding carboxylic acids is 3. The van der Waals surface area contributed by atoms with Crippen LogP contribution in [0, 0.1) is 10.1 Å². The highest BCUT2D eigenvalue weighted by Gasteiger charge is 2.34. The lowest BCUT2D eigenvalue weighted by Gasteiger charge is -2.09. The van der Waals surface area contributed by atoms with Crippen molar-refractivity contribution in [2.45, 2.75) is 0 Å². The second-order valence-corrected chi connectivity index (χ2v) is 3.62. The zero-order valence-corrected chi connectivity index (χ0v) is 11.4. The van der Waals surface area contributed by atoms with Crippen LogP contribution in [-0.4, -0.2) is 44.2 Å². The highest BCUT2D eigenvalue weighted by Crippen LogP contribution is 2.29. The van der Waals surface area contributed by atoms with Crippen molar-refractivity contribution in [2.24, 2.45) is 0 Å². The predicted molar refractivity (Wildman–Crippen MR) is 67.1 cm³/mol. The first-order chi connectivity index (χ1) is 9.88. The first kappa shape index (κ1) is 16.1. The molecule has 0 heterocycles. The fourth-order valence-electron chi connectivity index (χ4n) is 1.64. The summed E-state index contributed by atoms with van der Waals surface area (Å²) in [6.45, 7) is 0. The summed E-state index contributed by atoms with van der Waals surface area (Å²) in [5.74, 6) is -3.15. The quantitative estimate of drug-likeness (QED) is 0.348. The average molecular weight is 297 g/mol. The molecule has 9 heteroatoms. The third-order valence-corrected chi connectivity index (χ3v) is 2.56. The van der Waals surface area contributed by atoms with Crippen LogP contribution >= 0.6 is 0 Å². The summed E-state index contributed by atoms with van der Waals surface area (Å²) in [6.07, 6.45) is 0. The molecule has 0 fully saturated rings. The summed E-state index contributed by atoms with van der Waals surface area (Å²) < 4.78 is 13.3. The molecule has 0 saturated heterocycles. The SMILES string of the molecule is COC(=O)c1ccc(C(=O)OC)c([N+](=O)[O-])c1C(=O)OC. The van der Waals surface area contributed by atoms with Gasteiger partial charge in [-0.05, 0) is 12.1 Å². The largest absolute Gasteiger partial charge is 0.465 e. The molecule has 0 N–H and O–H groups in total. The Hall–Kier alpha value is -2.97. The molecule has 0 atom stereocenters. The molecule has 1 aromatic rings. The average Bonchev–Trinajstić information content (AvgIpc) is 2.50. The molecule has 0 unspecified atom stereocenters. The topological polar surface area (TPSA) is 122 Å². The first-order valence-electron chi connectivity index (χ1n) is 5.45. The standard InChI is InChI=1S/C12H11NO8/c1-19-10(14)6-4-5-7(11(15)20-2)9(13(17)18)8(6)12(16)21-3/h4-5H,1-3H3. The van der Waals surface area contributed by atoms with E-state index in [1.807, 2.05) is 0 Å². The van der Waals surface area contributed by atoms with Gasteiger partial charge in [-0.1, -0.05) is 0 Å². The van der Waals surface area contributed by atoms with Crippen LogP contribution in [0.25, 0.3) is 0 Å². The molecule has 0 bridgehead atoms. The van der Waals surface area contributed by atoms with E-state index in [0.717, 1.165) is 33.5 Å². The van der Waals surface area contributed by atoms with Crippen molar-refractivity contribution in [2.75, 3.05) is 21.3 Å².